The quantitative estimate of drug-likeness (QED) is 0.681. The zero-order valence-electron chi connectivity index (χ0n) is 7.47. The fraction of sp³-hybridized carbons (Fsp3) is 0.111. The number of anilines is 1. The van der Waals surface area contributed by atoms with Crippen LogP contribution in [0, 0.1) is 11.3 Å². The number of benzene rings is 1. The van der Waals surface area contributed by atoms with Crippen LogP contribution in [-0.4, -0.2) is 13.0 Å². The number of nitriles is 1. The van der Waals surface area contributed by atoms with Crippen LogP contribution in [0.4, 0.5) is 5.69 Å². The highest BCUT2D eigenvalue weighted by Crippen LogP contribution is 2.22. The summed E-state index contributed by atoms with van der Waals surface area (Å²) in [7, 11) is 1.49. The monoisotopic (exact) mass is 209 g/mol. The van der Waals surface area contributed by atoms with Gasteiger partial charge in [-0.3, -0.25) is 4.79 Å². The van der Waals surface area contributed by atoms with Crippen LogP contribution in [0.15, 0.2) is 12.1 Å². The summed E-state index contributed by atoms with van der Waals surface area (Å²) in [6.45, 7) is 0. The number of nitrogens with zero attached hydrogens (tertiary/aromatic N) is 1. The van der Waals surface area contributed by atoms with Gasteiger partial charge in [0.25, 0.3) is 5.91 Å². The molecule has 0 spiro atoms. The third-order valence-corrected chi connectivity index (χ3v) is 2.04. The molecule has 0 saturated carbocycles. The zero-order valence-corrected chi connectivity index (χ0v) is 8.22. The van der Waals surface area contributed by atoms with Gasteiger partial charge in [-0.25, -0.2) is 0 Å². The van der Waals surface area contributed by atoms with E-state index in [0.29, 0.717) is 0 Å². The van der Waals surface area contributed by atoms with E-state index in [1.165, 1.54) is 19.2 Å². The molecule has 0 bridgehead atoms. The first-order valence-electron chi connectivity index (χ1n) is 3.81. The third-order valence-electron chi connectivity index (χ3n) is 1.73. The van der Waals surface area contributed by atoms with E-state index in [1.807, 2.05) is 6.07 Å². The first-order valence-corrected chi connectivity index (χ1v) is 4.19. The van der Waals surface area contributed by atoms with Gasteiger partial charge in [0.2, 0.25) is 0 Å². The number of halogens is 1. The van der Waals surface area contributed by atoms with Crippen LogP contribution in [0.1, 0.15) is 15.9 Å². The number of amides is 1. The highest BCUT2D eigenvalue weighted by Gasteiger charge is 2.11. The predicted molar refractivity (Wildman–Crippen MR) is 54.0 cm³/mol. The van der Waals surface area contributed by atoms with Gasteiger partial charge in [0, 0.05) is 12.7 Å². The number of hydrogen-bond acceptors (Lipinski definition) is 3. The molecule has 4 nitrogen and oxygen atoms in total. The summed E-state index contributed by atoms with van der Waals surface area (Å²) in [5.41, 5.74) is 6.32. The maximum atomic E-state index is 11.3. The van der Waals surface area contributed by atoms with Crippen LogP contribution in [0.5, 0.6) is 0 Å². The van der Waals surface area contributed by atoms with Crippen molar-refractivity contribution in [1.82, 2.24) is 5.32 Å². The normalized spacial score (nSPS) is 9.21. The van der Waals surface area contributed by atoms with Gasteiger partial charge >= 0.3 is 0 Å². The summed E-state index contributed by atoms with van der Waals surface area (Å²) in [5.74, 6) is -0.337. The van der Waals surface area contributed by atoms with Gasteiger partial charge in [-0.05, 0) is 12.1 Å². The van der Waals surface area contributed by atoms with Crippen LogP contribution >= 0.6 is 11.6 Å². The maximum absolute atomic E-state index is 11.3. The average molecular weight is 210 g/mol. The molecule has 1 aromatic rings. The number of nitrogens with two attached hydrogens (primary N) is 1. The maximum Gasteiger partial charge on any atom is 0.253 e. The Morgan fingerprint density at radius 2 is 2.29 bits per heavy atom. The van der Waals surface area contributed by atoms with Crippen molar-refractivity contribution in [2.24, 2.45) is 0 Å². The Bertz CT molecular complexity index is 423. The molecule has 0 fully saturated rings. The molecule has 0 atom stereocenters. The van der Waals surface area contributed by atoms with Gasteiger partial charge in [-0.1, -0.05) is 11.6 Å². The van der Waals surface area contributed by atoms with Gasteiger partial charge in [0.05, 0.1) is 16.1 Å². The predicted octanol–water partition coefficient (Wildman–Crippen LogP) is 1.15. The number of hydrogen-bond donors (Lipinski definition) is 2. The summed E-state index contributed by atoms with van der Waals surface area (Å²) >= 11 is 5.72. The molecule has 0 unspecified atom stereocenters. The largest absolute Gasteiger partial charge is 0.398 e. The highest BCUT2D eigenvalue weighted by molar-refractivity contribution is 6.32. The van der Waals surface area contributed by atoms with Crippen LogP contribution in [0.2, 0.25) is 5.02 Å². The smallest absolute Gasteiger partial charge is 0.253 e. The molecule has 1 rings (SSSR count). The molecule has 0 radical (unpaired) electrons. The van der Waals surface area contributed by atoms with Gasteiger partial charge in [-0.15, -0.1) is 0 Å². The van der Waals surface area contributed by atoms with Crippen molar-refractivity contribution in [3.05, 3.63) is 28.3 Å². The van der Waals surface area contributed by atoms with Gasteiger partial charge in [0.1, 0.15) is 6.07 Å². The second-order valence-corrected chi connectivity index (χ2v) is 3.02. The number of nitrogen functional groups attached to an aromatic ring is 1. The molecule has 0 aliphatic rings. The lowest BCUT2D eigenvalue weighted by atomic mass is 10.1. The second kappa shape index (κ2) is 3.99. The van der Waals surface area contributed by atoms with Gasteiger partial charge < -0.3 is 11.1 Å². The van der Waals surface area contributed by atoms with Crippen LogP contribution < -0.4 is 11.1 Å². The third kappa shape index (κ3) is 1.78. The van der Waals surface area contributed by atoms with Crippen molar-refractivity contribution in [3.63, 3.8) is 0 Å². The number of nitrogens with one attached hydrogen (secondary N) is 1. The number of carbonyl (C=O) groups excluding carboxylic acids is 1. The minimum Gasteiger partial charge on any atom is -0.398 e. The molecule has 14 heavy (non-hydrogen) atoms. The fourth-order valence-corrected chi connectivity index (χ4v) is 1.22. The Balaban J connectivity index is 3.33. The lowest BCUT2D eigenvalue weighted by Gasteiger charge is -2.05. The lowest BCUT2D eigenvalue weighted by molar-refractivity contribution is 0.0964. The van der Waals surface area contributed by atoms with Crippen LogP contribution in [0.3, 0.4) is 0 Å². The Labute approximate surface area is 86.3 Å². The molecule has 0 aromatic heterocycles. The van der Waals surface area contributed by atoms with E-state index in [9.17, 15) is 4.79 Å². The van der Waals surface area contributed by atoms with E-state index >= 15 is 0 Å². The molecular formula is C9H8ClN3O. The van der Waals surface area contributed by atoms with Crippen molar-refractivity contribution < 1.29 is 4.79 Å². The average Bonchev–Trinajstić information content (AvgIpc) is 2.17. The molecule has 0 aliphatic carbocycles. The highest BCUT2D eigenvalue weighted by atomic mass is 35.5. The lowest BCUT2D eigenvalue weighted by Crippen LogP contribution is -2.19. The summed E-state index contributed by atoms with van der Waals surface area (Å²) in [6, 6.07) is 4.64. The van der Waals surface area contributed by atoms with E-state index < -0.39 is 0 Å². The molecule has 1 amide bonds. The second-order valence-electron chi connectivity index (χ2n) is 2.61. The molecular weight excluding hydrogens is 202 g/mol. The molecule has 3 N–H and O–H groups in total. The Hall–Kier alpha value is -1.73. The molecule has 72 valence electrons. The SMILES string of the molecule is CNC(=O)c1cc(C#N)c(Cl)cc1N. The van der Waals surface area contributed by atoms with Gasteiger partial charge in [-0.2, -0.15) is 5.26 Å². The zero-order chi connectivity index (χ0) is 10.7. The van der Waals surface area contributed by atoms with E-state index in [-0.39, 0.29) is 27.7 Å². The first-order chi connectivity index (χ1) is 6.60. The molecule has 5 heteroatoms. The number of rotatable bonds is 1. The van der Waals surface area contributed by atoms with Crippen LogP contribution in [-0.2, 0) is 0 Å². The van der Waals surface area contributed by atoms with Crippen molar-refractivity contribution in [3.8, 4) is 6.07 Å². The topological polar surface area (TPSA) is 78.9 Å². The molecule has 0 heterocycles. The van der Waals surface area contributed by atoms with Crippen molar-refractivity contribution >= 4 is 23.2 Å². The standard InChI is InChI=1S/C9H8ClN3O/c1-13-9(14)6-2-5(4-11)7(10)3-8(6)12/h2-3H,12H2,1H3,(H,13,14). The fourth-order valence-electron chi connectivity index (χ4n) is 1.01. The molecule has 0 saturated heterocycles. The summed E-state index contributed by atoms with van der Waals surface area (Å²) in [4.78, 5) is 11.3. The number of carbonyl (C=O) groups is 1. The van der Waals surface area contributed by atoms with E-state index in [1.54, 1.807) is 0 Å². The van der Waals surface area contributed by atoms with Gasteiger partial charge in [0.15, 0.2) is 0 Å². The Morgan fingerprint density at radius 1 is 1.64 bits per heavy atom. The van der Waals surface area contributed by atoms with Crippen molar-refractivity contribution in [1.29, 1.82) is 5.26 Å². The molecule has 0 aliphatic heterocycles. The minimum atomic E-state index is -0.337. The summed E-state index contributed by atoms with van der Waals surface area (Å²) in [5, 5.41) is 11.4. The first kappa shape index (κ1) is 10.4. The Morgan fingerprint density at radius 3 is 2.79 bits per heavy atom. The minimum absolute atomic E-state index is 0.236. The van der Waals surface area contributed by atoms with E-state index in [4.69, 9.17) is 22.6 Å². The van der Waals surface area contributed by atoms with E-state index in [0.717, 1.165) is 0 Å². The summed E-state index contributed by atoms with van der Waals surface area (Å²) < 4.78 is 0. The van der Waals surface area contributed by atoms with Crippen molar-refractivity contribution in [2.45, 2.75) is 0 Å². The Kier molecular flexibility index (Phi) is 2.95. The summed E-state index contributed by atoms with van der Waals surface area (Å²) in [6.07, 6.45) is 0. The van der Waals surface area contributed by atoms with Crippen molar-refractivity contribution in [2.75, 3.05) is 12.8 Å². The van der Waals surface area contributed by atoms with E-state index in [2.05, 4.69) is 5.32 Å². The molecule has 1 aromatic carbocycles. The van der Waals surface area contributed by atoms with Crippen LogP contribution in [0.25, 0.3) is 0 Å².